The van der Waals surface area contributed by atoms with Gasteiger partial charge in [-0.1, -0.05) is 0 Å². The number of carbonyl (C=O) groups is 1. The summed E-state index contributed by atoms with van der Waals surface area (Å²) in [6, 6.07) is 6.62. The highest BCUT2D eigenvalue weighted by Crippen LogP contribution is 2.37. The maximum atomic E-state index is 13.5. The van der Waals surface area contributed by atoms with Gasteiger partial charge in [-0.15, -0.1) is 11.3 Å². The Morgan fingerprint density at radius 3 is 2.58 bits per heavy atom. The van der Waals surface area contributed by atoms with Gasteiger partial charge in [0.05, 0.1) is 13.3 Å². The first-order valence-electron chi connectivity index (χ1n) is 9.57. The number of thiophene rings is 1. The molecule has 0 atom stereocenters. The van der Waals surface area contributed by atoms with Gasteiger partial charge in [-0.25, -0.2) is 18.6 Å². The maximum absolute atomic E-state index is 13.5. The highest BCUT2D eigenvalue weighted by atomic mass is 32.1. The quantitative estimate of drug-likeness (QED) is 0.551. The Bertz CT molecular complexity index is 1090. The van der Waals surface area contributed by atoms with Crippen molar-refractivity contribution in [1.29, 1.82) is 0 Å². The lowest BCUT2D eigenvalue weighted by Gasteiger charge is -2.27. The van der Waals surface area contributed by atoms with Crippen molar-refractivity contribution >= 4 is 17.3 Å². The third kappa shape index (κ3) is 4.83. The summed E-state index contributed by atoms with van der Waals surface area (Å²) < 4.78 is 43.7. The highest BCUT2D eigenvalue weighted by molar-refractivity contribution is 7.14. The minimum atomic E-state index is -0.678. The fourth-order valence-corrected chi connectivity index (χ4v) is 4.05. The molecule has 2 aromatic heterocycles. The molecule has 0 saturated carbocycles. The summed E-state index contributed by atoms with van der Waals surface area (Å²) in [4.78, 5) is 17.7. The van der Waals surface area contributed by atoms with Gasteiger partial charge in [0.15, 0.2) is 0 Å². The molecular formula is C22H20F2N2O4S. The van der Waals surface area contributed by atoms with Crippen LogP contribution in [0.1, 0.15) is 20.1 Å². The molecule has 31 heavy (non-hydrogen) atoms. The fourth-order valence-electron chi connectivity index (χ4n) is 3.12. The van der Waals surface area contributed by atoms with Gasteiger partial charge in [-0.05, 0) is 30.7 Å². The number of methoxy groups -OCH3 is 1. The van der Waals surface area contributed by atoms with Crippen LogP contribution in [0, 0.1) is 18.6 Å². The van der Waals surface area contributed by atoms with Crippen molar-refractivity contribution in [3.05, 3.63) is 63.5 Å². The summed E-state index contributed by atoms with van der Waals surface area (Å²) in [7, 11) is 1.32. The summed E-state index contributed by atoms with van der Waals surface area (Å²) in [5, 5.41) is 3.13. The monoisotopic (exact) mass is 446 g/mol. The molecule has 1 saturated heterocycles. The molecule has 1 aliphatic rings. The van der Waals surface area contributed by atoms with Gasteiger partial charge >= 0.3 is 5.97 Å². The van der Waals surface area contributed by atoms with Crippen LogP contribution in [0.15, 0.2) is 36.5 Å². The lowest BCUT2D eigenvalue weighted by atomic mass is 10.1. The lowest BCUT2D eigenvalue weighted by Crippen LogP contribution is -2.50. The zero-order valence-corrected chi connectivity index (χ0v) is 17.7. The minimum absolute atomic E-state index is 0.0478. The molecule has 9 heteroatoms. The SMILES string of the molecule is COC(=O)c1cc(-c2ncc(OC3CNC3)cc2OCc2cc(F)cc(F)c2)c(C)s1. The number of ether oxygens (including phenoxy) is 3. The molecule has 162 valence electrons. The van der Waals surface area contributed by atoms with Crippen molar-refractivity contribution in [3.8, 4) is 22.8 Å². The van der Waals surface area contributed by atoms with E-state index in [0.717, 1.165) is 24.0 Å². The molecule has 0 bridgehead atoms. The van der Waals surface area contributed by atoms with Gasteiger partial charge < -0.3 is 19.5 Å². The van der Waals surface area contributed by atoms with E-state index in [2.05, 4.69) is 10.3 Å². The smallest absolute Gasteiger partial charge is 0.348 e. The summed E-state index contributed by atoms with van der Waals surface area (Å²) >= 11 is 1.29. The van der Waals surface area contributed by atoms with Crippen molar-refractivity contribution in [1.82, 2.24) is 10.3 Å². The van der Waals surface area contributed by atoms with Crippen LogP contribution < -0.4 is 14.8 Å². The summed E-state index contributed by atoms with van der Waals surface area (Å²) in [6.07, 6.45) is 1.64. The second-order valence-corrected chi connectivity index (χ2v) is 8.31. The zero-order chi connectivity index (χ0) is 22.0. The number of carbonyl (C=O) groups excluding carboxylic acids is 1. The zero-order valence-electron chi connectivity index (χ0n) is 16.9. The number of esters is 1. The maximum Gasteiger partial charge on any atom is 0.348 e. The molecule has 0 radical (unpaired) electrons. The first-order valence-corrected chi connectivity index (χ1v) is 10.4. The first-order chi connectivity index (χ1) is 14.9. The van der Waals surface area contributed by atoms with E-state index in [1.807, 2.05) is 6.92 Å². The molecule has 1 aromatic carbocycles. The number of nitrogens with zero attached hydrogens (tertiary/aromatic N) is 1. The number of nitrogens with one attached hydrogen (secondary N) is 1. The molecule has 0 amide bonds. The average Bonchev–Trinajstić information content (AvgIpc) is 3.09. The topological polar surface area (TPSA) is 69.7 Å². The van der Waals surface area contributed by atoms with Crippen LogP contribution in [-0.2, 0) is 11.3 Å². The van der Waals surface area contributed by atoms with Crippen LogP contribution in [0.2, 0.25) is 0 Å². The van der Waals surface area contributed by atoms with E-state index in [1.54, 1.807) is 18.3 Å². The normalized spacial score (nSPS) is 13.5. The molecule has 6 nitrogen and oxygen atoms in total. The Hall–Kier alpha value is -3.04. The average molecular weight is 446 g/mol. The van der Waals surface area contributed by atoms with Crippen molar-refractivity contribution < 1.29 is 27.8 Å². The van der Waals surface area contributed by atoms with E-state index in [9.17, 15) is 13.6 Å². The van der Waals surface area contributed by atoms with Crippen molar-refractivity contribution in [2.45, 2.75) is 19.6 Å². The van der Waals surface area contributed by atoms with Crippen molar-refractivity contribution in [2.24, 2.45) is 0 Å². The van der Waals surface area contributed by atoms with Crippen LogP contribution in [0.25, 0.3) is 11.3 Å². The van der Waals surface area contributed by atoms with E-state index in [-0.39, 0.29) is 12.7 Å². The molecule has 0 aliphatic carbocycles. The summed E-state index contributed by atoms with van der Waals surface area (Å²) in [5.41, 5.74) is 1.55. The highest BCUT2D eigenvalue weighted by Gasteiger charge is 2.22. The molecule has 0 spiro atoms. The first kappa shape index (κ1) is 21.2. The van der Waals surface area contributed by atoms with Gasteiger partial charge in [-0.2, -0.15) is 0 Å². The van der Waals surface area contributed by atoms with Gasteiger partial charge in [0.1, 0.15) is 46.4 Å². The second kappa shape index (κ2) is 8.99. The van der Waals surface area contributed by atoms with Gasteiger partial charge in [0.25, 0.3) is 0 Å². The Kier molecular flexibility index (Phi) is 6.15. The molecule has 1 N–H and O–H groups in total. The van der Waals surface area contributed by atoms with E-state index in [0.29, 0.717) is 33.2 Å². The van der Waals surface area contributed by atoms with Crippen molar-refractivity contribution in [2.75, 3.05) is 20.2 Å². The number of hydrogen-bond donors (Lipinski definition) is 1. The second-order valence-electron chi connectivity index (χ2n) is 7.05. The predicted molar refractivity (Wildman–Crippen MR) is 112 cm³/mol. The Morgan fingerprint density at radius 2 is 1.94 bits per heavy atom. The standard InChI is InChI=1S/C22H20F2N2O4S/c1-12-18(7-20(31-12)22(27)28-2)21-19(6-16(10-26-21)30-17-8-25-9-17)29-11-13-3-14(23)5-15(24)4-13/h3-7,10,17,25H,8-9,11H2,1-2H3. The van der Waals surface area contributed by atoms with Crippen LogP contribution in [0.5, 0.6) is 11.5 Å². The molecule has 3 heterocycles. The fraction of sp³-hybridized carbons (Fsp3) is 0.273. The Balaban J connectivity index is 1.66. The lowest BCUT2D eigenvalue weighted by molar-refractivity contribution is 0.0606. The van der Waals surface area contributed by atoms with Crippen LogP contribution >= 0.6 is 11.3 Å². The van der Waals surface area contributed by atoms with E-state index in [1.165, 1.54) is 30.6 Å². The van der Waals surface area contributed by atoms with Gasteiger partial charge in [0.2, 0.25) is 0 Å². The molecule has 4 rings (SSSR count). The molecule has 3 aromatic rings. The number of rotatable bonds is 7. The van der Waals surface area contributed by atoms with E-state index >= 15 is 0 Å². The third-order valence-electron chi connectivity index (χ3n) is 4.75. The van der Waals surface area contributed by atoms with Gasteiger partial charge in [0, 0.05) is 35.7 Å². The number of aryl methyl sites for hydroxylation is 1. The van der Waals surface area contributed by atoms with E-state index < -0.39 is 17.6 Å². The van der Waals surface area contributed by atoms with Gasteiger partial charge in [-0.3, -0.25) is 0 Å². The molecule has 1 fully saturated rings. The van der Waals surface area contributed by atoms with Crippen LogP contribution in [-0.4, -0.2) is 37.3 Å². The predicted octanol–water partition coefficient (Wildman–Crippen LogP) is 4.11. The number of aromatic nitrogens is 1. The third-order valence-corrected chi connectivity index (χ3v) is 5.78. The number of pyridine rings is 1. The van der Waals surface area contributed by atoms with Crippen molar-refractivity contribution in [3.63, 3.8) is 0 Å². The number of hydrogen-bond acceptors (Lipinski definition) is 7. The minimum Gasteiger partial charge on any atom is -0.486 e. The Morgan fingerprint density at radius 1 is 1.19 bits per heavy atom. The Labute approximate surface area is 181 Å². The number of halogens is 2. The summed E-state index contributed by atoms with van der Waals surface area (Å²) in [5.74, 6) is -0.885. The molecular weight excluding hydrogens is 426 g/mol. The molecule has 0 unspecified atom stereocenters. The van der Waals surface area contributed by atoms with Crippen LogP contribution in [0.4, 0.5) is 8.78 Å². The molecule has 1 aliphatic heterocycles. The summed E-state index contributed by atoms with van der Waals surface area (Å²) in [6.45, 7) is 3.29. The van der Waals surface area contributed by atoms with Crippen LogP contribution in [0.3, 0.4) is 0 Å². The van der Waals surface area contributed by atoms with E-state index in [4.69, 9.17) is 14.2 Å². The number of benzene rings is 1. The largest absolute Gasteiger partial charge is 0.486 e.